The molecule has 0 aliphatic carbocycles. The van der Waals surface area contributed by atoms with Gasteiger partial charge in [-0.15, -0.1) is 11.8 Å². The number of rotatable bonds is 3. The first-order chi connectivity index (χ1) is 8.61. The van der Waals surface area contributed by atoms with Crippen LogP contribution in [-0.4, -0.2) is 6.26 Å². The van der Waals surface area contributed by atoms with Crippen LogP contribution in [-0.2, 0) is 0 Å². The van der Waals surface area contributed by atoms with Crippen molar-refractivity contribution in [3.63, 3.8) is 0 Å². The van der Waals surface area contributed by atoms with Gasteiger partial charge in [-0.1, -0.05) is 18.2 Å². The molecule has 0 saturated carbocycles. The Hall–Kier alpha value is -1.39. The van der Waals surface area contributed by atoms with Crippen LogP contribution in [0.3, 0.4) is 0 Å². The van der Waals surface area contributed by atoms with E-state index in [1.54, 1.807) is 11.8 Å². The molecule has 4 heteroatoms. The van der Waals surface area contributed by atoms with Crippen molar-refractivity contribution < 1.29 is 8.78 Å². The maximum atomic E-state index is 13.2. The Labute approximate surface area is 109 Å². The lowest BCUT2D eigenvalue weighted by Crippen LogP contribution is -2.12. The van der Waals surface area contributed by atoms with Gasteiger partial charge in [0, 0.05) is 4.90 Å². The highest BCUT2D eigenvalue weighted by molar-refractivity contribution is 7.98. The molecule has 2 N–H and O–H groups in total. The van der Waals surface area contributed by atoms with E-state index >= 15 is 0 Å². The summed E-state index contributed by atoms with van der Waals surface area (Å²) in [6.45, 7) is 0. The van der Waals surface area contributed by atoms with Crippen LogP contribution >= 0.6 is 11.8 Å². The topological polar surface area (TPSA) is 26.0 Å². The van der Waals surface area contributed by atoms with Crippen molar-refractivity contribution in [1.29, 1.82) is 0 Å². The minimum Gasteiger partial charge on any atom is -0.320 e. The molecule has 1 atom stereocenters. The Kier molecular flexibility index (Phi) is 3.99. The number of hydrogen-bond acceptors (Lipinski definition) is 2. The van der Waals surface area contributed by atoms with Gasteiger partial charge >= 0.3 is 0 Å². The van der Waals surface area contributed by atoms with Crippen molar-refractivity contribution in [3.05, 3.63) is 65.2 Å². The molecule has 2 aromatic rings. The van der Waals surface area contributed by atoms with Gasteiger partial charge in [0.1, 0.15) is 0 Å². The summed E-state index contributed by atoms with van der Waals surface area (Å²) in [5, 5.41) is 0. The van der Waals surface area contributed by atoms with Gasteiger partial charge < -0.3 is 5.73 Å². The monoisotopic (exact) mass is 265 g/mol. The highest BCUT2D eigenvalue weighted by atomic mass is 32.2. The lowest BCUT2D eigenvalue weighted by atomic mass is 9.99. The van der Waals surface area contributed by atoms with Crippen molar-refractivity contribution in [2.45, 2.75) is 10.9 Å². The Morgan fingerprint density at radius 2 is 1.72 bits per heavy atom. The molecule has 2 aromatic carbocycles. The van der Waals surface area contributed by atoms with Crippen molar-refractivity contribution in [2.75, 3.05) is 6.26 Å². The second-order valence-corrected chi connectivity index (χ2v) is 4.81. The van der Waals surface area contributed by atoms with Crippen LogP contribution in [0.15, 0.2) is 47.4 Å². The molecule has 0 amide bonds. The van der Waals surface area contributed by atoms with Gasteiger partial charge in [-0.05, 0) is 41.6 Å². The summed E-state index contributed by atoms with van der Waals surface area (Å²) in [4.78, 5) is 1.09. The van der Waals surface area contributed by atoms with E-state index in [4.69, 9.17) is 5.73 Å². The average molecular weight is 265 g/mol. The lowest BCUT2D eigenvalue weighted by molar-refractivity contribution is 0.506. The second-order valence-electron chi connectivity index (χ2n) is 3.93. The fourth-order valence-electron chi connectivity index (χ4n) is 1.73. The molecule has 0 bridgehead atoms. The molecule has 0 fully saturated rings. The Morgan fingerprint density at radius 1 is 1.00 bits per heavy atom. The predicted octanol–water partition coefficient (Wildman–Crippen LogP) is 3.73. The molecular weight excluding hydrogens is 252 g/mol. The summed E-state index contributed by atoms with van der Waals surface area (Å²) in [6.07, 6.45) is 1.97. The van der Waals surface area contributed by atoms with Gasteiger partial charge in [0.2, 0.25) is 0 Å². The minimum absolute atomic E-state index is 0.452. The summed E-state index contributed by atoms with van der Waals surface area (Å²) in [5.74, 6) is -1.73. The molecule has 0 aliphatic heterocycles. The summed E-state index contributed by atoms with van der Waals surface area (Å²) in [5.41, 5.74) is 7.50. The van der Waals surface area contributed by atoms with Crippen molar-refractivity contribution in [1.82, 2.24) is 0 Å². The van der Waals surface area contributed by atoms with E-state index in [1.807, 2.05) is 30.5 Å². The predicted molar refractivity (Wildman–Crippen MR) is 70.6 cm³/mol. The van der Waals surface area contributed by atoms with Gasteiger partial charge in [0.15, 0.2) is 11.6 Å². The van der Waals surface area contributed by atoms with Gasteiger partial charge in [0.05, 0.1) is 6.04 Å². The lowest BCUT2D eigenvalue weighted by Gasteiger charge is -2.13. The highest BCUT2D eigenvalue weighted by Crippen LogP contribution is 2.24. The Balaban J connectivity index is 2.34. The first-order valence-corrected chi connectivity index (χ1v) is 6.69. The quantitative estimate of drug-likeness (QED) is 0.856. The second kappa shape index (κ2) is 5.50. The van der Waals surface area contributed by atoms with E-state index in [9.17, 15) is 8.78 Å². The maximum absolute atomic E-state index is 13.2. The van der Waals surface area contributed by atoms with Crippen molar-refractivity contribution >= 4 is 11.8 Å². The zero-order valence-corrected chi connectivity index (χ0v) is 10.7. The summed E-state index contributed by atoms with van der Waals surface area (Å²) in [6, 6.07) is 11.0. The van der Waals surface area contributed by atoms with E-state index in [1.165, 1.54) is 6.07 Å². The highest BCUT2D eigenvalue weighted by Gasteiger charge is 2.12. The Morgan fingerprint density at radius 3 is 2.39 bits per heavy atom. The first-order valence-electron chi connectivity index (χ1n) is 5.46. The molecule has 1 unspecified atom stereocenters. The third-order valence-electron chi connectivity index (χ3n) is 2.76. The normalized spacial score (nSPS) is 12.4. The molecule has 0 heterocycles. The van der Waals surface area contributed by atoms with Crippen LogP contribution in [0.5, 0.6) is 0 Å². The average Bonchev–Trinajstić information content (AvgIpc) is 2.41. The molecule has 0 aromatic heterocycles. The van der Waals surface area contributed by atoms with Crippen molar-refractivity contribution in [3.8, 4) is 0 Å². The molecule has 94 valence electrons. The smallest absolute Gasteiger partial charge is 0.159 e. The molecule has 2 rings (SSSR count). The van der Waals surface area contributed by atoms with Crippen molar-refractivity contribution in [2.24, 2.45) is 5.73 Å². The largest absolute Gasteiger partial charge is 0.320 e. The standard InChI is InChI=1S/C14H13F2NS/c1-18-11-4-2-3-9(7-11)14(17)10-5-6-12(15)13(16)8-10/h2-8,14H,17H2,1H3. The molecule has 0 spiro atoms. The molecule has 18 heavy (non-hydrogen) atoms. The van der Waals surface area contributed by atoms with Crippen LogP contribution in [0.1, 0.15) is 17.2 Å². The summed E-state index contributed by atoms with van der Waals surface area (Å²) < 4.78 is 26.0. The third kappa shape index (κ3) is 2.71. The van der Waals surface area contributed by atoms with Crippen LogP contribution in [0.2, 0.25) is 0 Å². The van der Waals surface area contributed by atoms with Gasteiger partial charge in [-0.2, -0.15) is 0 Å². The zero-order chi connectivity index (χ0) is 13.1. The molecule has 0 aliphatic rings. The van der Waals surface area contributed by atoms with Crippen LogP contribution in [0.25, 0.3) is 0 Å². The van der Waals surface area contributed by atoms with E-state index in [0.717, 1.165) is 22.6 Å². The van der Waals surface area contributed by atoms with Gasteiger partial charge in [-0.25, -0.2) is 8.78 Å². The molecule has 0 radical (unpaired) electrons. The number of halogens is 2. The molecular formula is C14H13F2NS. The number of nitrogens with two attached hydrogens (primary N) is 1. The molecule has 1 nitrogen and oxygen atoms in total. The summed E-state index contributed by atoms with van der Waals surface area (Å²) >= 11 is 1.61. The SMILES string of the molecule is CSc1cccc(C(N)c2ccc(F)c(F)c2)c1. The Bertz CT molecular complexity index is 557. The fraction of sp³-hybridized carbons (Fsp3) is 0.143. The van der Waals surface area contributed by atoms with Gasteiger partial charge in [0.25, 0.3) is 0 Å². The third-order valence-corrected chi connectivity index (χ3v) is 3.48. The fourth-order valence-corrected chi connectivity index (χ4v) is 2.20. The molecule has 0 saturated heterocycles. The number of hydrogen-bond donors (Lipinski definition) is 1. The maximum Gasteiger partial charge on any atom is 0.159 e. The van der Waals surface area contributed by atoms with Crippen LogP contribution in [0.4, 0.5) is 8.78 Å². The first kappa shape index (κ1) is 13.1. The zero-order valence-electron chi connectivity index (χ0n) is 9.86. The van der Waals surface area contributed by atoms with E-state index < -0.39 is 17.7 Å². The van der Waals surface area contributed by atoms with E-state index in [0.29, 0.717) is 5.56 Å². The van der Waals surface area contributed by atoms with Crippen LogP contribution < -0.4 is 5.73 Å². The van der Waals surface area contributed by atoms with E-state index in [2.05, 4.69) is 0 Å². The number of benzene rings is 2. The number of thioether (sulfide) groups is 1. The van der Waals surface area contributed by atoms with Gasteiger partial charge in [-0.3, -0.25) is 0 Å². The summed E-state index contributed by atoms with van der Waals surface area (Å²) in [7, 11) is 0. The minimum atomic E-state index is -0.871. The van der Waals surface area contributed by atoms with E-state index in [-0.39, 0.29) is 0 Å². The van der Waals surface area contributed by atoms with Crippen LogP contribution in [0, 0.1) is 11.6 Å².